The third-order valence-corrected chi connectivity index (χ3v) is 5.08. The Labute approximate surface area is 142 Å². The first-order chi connectivity index (χ1) is 11.3. The van der Waals surface area contributed by atoms with Crippen molar-refractivity contribution >= 4 is 21.7 Å². The molecule has 0 unspecified atom stereocenters. The number of anilines is 1. The smallest absolute Gasteiger partial charge is 0.319 e. The molecule has 1 fully saturated rings. The summed E-state index contributed by atoms with van der Waals surface area (Å²) >= 11 is 0. The van der Waals surface area contributed by atoms with Gasteiger partial charge in [0.15, 0.2) is 0 Å². The van der Waals surface area contributed by atoms with Crippen LogP contribution >= 0.6 is 0 Å². The predicted octanol–water partition coefficient (Wildman–Crippen LogP) is 1.37. The van der Waals surface area contributed by atoms with Crippen molar-refractivity contribution in [2.45, 2.75) is 25.9 Å². The van der Waals surface area contributed by atoms with Gasteiger partial charge in [0.25, 0.3) is 0 Å². The van der Waals surface area contributed by atoms with E-state index in [4.69, 9.17) is 4.74 Å². The number of amides is 2. The average Bonchev–Trinajstić information content (AvgIpc) is 2.56. The molecule has 1 aliphatic heterocycles. The van der Waals surface area contributed by atoms with Crippen molar-refractivity contribution in [3.63, 3.8) is 0 Å². The van der Waals surface area contributed by atoms with E-state index in [0.717, 1.165) is 12.8 Å². The molecule has 0 aromatic carbocycles. The molecule has 2 amide bonds. The zero-order valence-electron chi connectivity index (χ0n) is 14.2. The van der Waals surface area contributed by atoms with Crippen LogP contribution in [0.15, 0.2) is 18.3 Å². The second kappa shape index (κ2) is 7.69. The van der Waals surface area contributed by atoms with Gasteiger partial charge in [0.05, 0.1) is 17.6 Å². The molecule has 24 heavy (non-hydrogen) atoms. The Balaban J connectivity index is 1.86. The lowest BCUT2D eigenvalue weighted by Crippen LogP contribution is -2.46. The zero-order chi connectivity index (χ0) is 17.7. The number of carbonyl (C=O) groups excluding carboxylic acids is 1. The number of urea groups is 1. The summed E-state index contributed by atoms with van der Waals surface area (Å²) in [7, 11) is 0.172. The molecule has 1 saturated heterocycles. The molecular formula is C15H24N4O4S. The van der Waals surface area contributed by atoms with Gasteiger partial charge in [-0.25, -0.2) is 18.2 Å². The molecule has 0 atom stereocenters. The van der Waals surface area contributed by atoms with Crippen molar-refractivity contribution in [1.82, 2.24) is 14.8 Å². The van der Waals surface area contributed by atoms with Gasteiger partial charge in [-0.3, -0.25) is 4.72 Å². The Kier molecular flexibility index (Phi) is 5.87. The molecule has 0 bridgehead atoms. The fraction of sp³-hybridized carbons (Fsp3) is 0.600. The number of ether oxygens (including phenoxy) is 1. The number of nitrogens with zero attached hydrogens (tertiary/aromatic N) is 3. The highest BCUT2D eigenvalue weighted by molar-refractivity contribution is 7.92. The van der Waals surface area contributed by atoms with Gasteiger partial charge in [0, 0.05) is 46.1 Å². The SMILES string of the molecule is CCS(=O)(=O)Nc1ccc(OC2CCN(C(=O)N(C)C)CC2)nc1. The second-order valence-corrected chi connectivity index (χ2v) is 7.88. The summed E-state index contributed by atoms with van der Waals surface area (Å²) in [6.07, 6.45) is 2.92. The molecule has 0 spiro atoms. The lowest BCUT2D eigenvalue weighted by Gasteiger charge is -2.33. The zero-order valence-corrected chi connectivity index (χ0v) is 15.0. The van der Waals surface area contributed by atoms with Gasteiger partial charge in [-0.15, -0.1) is 0 Å². The van der Waals surface area contributed by atoms with Crippen LogP contribution in [0.4, 0.5) is 10.5 Å². The molecule has 8 nitrogen and oxygen atoms in total. The summed E-state index contributed by atoms with van der Waals surface area (Å²) in [4.78, 5) is 19.4. The Morgan fingerprint density at radius 1 is 1.38 bits per heavy atom. The number of rotatable bonds is 5. The topological polar surface area (TPSA) is 91.8 Å². The van der Waals surface area contributed by atoms with E-state index in [1.165, 1.54) is 6.20 Å². The summed E-state index contributed by atoms with van der Waals surface area (Å²) in [5.74, 6) is 0.460. The van der Waals surface area contributed by atoms with Gasteiger partial charge in [-0.2, -0.15) is 0 Å². The van der Waals surface area contributed by atoms with E-state index in [0.29, 0.717) is 24.7 Å². The van der Waals surface area contributed by atoms with Gasteiger partial charge in [-0.1, -0.05) is 0 Å². The molecule has 9 heteroatoms. The minimum atomic E-state index is -3.31. The number of nitrogens with one attached hydrogen (secondary N) is 1. The van der Waals surface area contributed by atoms with Gasteiger partial charge in [0.1, 0.15) is 6.10 Å². The number of sulfonamides is 1. The van der Waals surface area contributed by atoms with E-state index in [-0.39, 0.29) is 17.9 Å². The van der Waals surface area contributed by atoms with Crippen molar-refractivity contribution in [1.29, 1.82) is 0 Å². The molecule has 1 N–H and O–H groups in total. The second-order valence-electron chi connectivity index (χ2n) is 5.87. The minimum absolute atomic E-state index is 0.00176. The van der Waals surface area contributed by atoms with Crippen molar-refractivity contribution < 1.29 is 17.9 Å². The van der Waals surface area contributed by atoms with Gasteiger partial charge in [0.2, 0.25) is 15.9 Å². The summed E-state index contributed by atoms with van der Waals surface area (Å²) in [6.45, 7) is 2.87. The van der Waals surface area contributed by atoms with Crippen LogP contribution in [0.25, 0.3) is 0 Å². The van der Waals surface area contributed by atoms with E-state index < -0.39 is 10.0 Å². The number of piperidine rings is 1. The molecule has 0 saturated carbocycles. The normalized spacial score (nSPS) is 15.9. The standard InChI is InChI=1S/C15H24N4O4S/c1-4-24(21,22)17-12-5-6-14(16-11-12)23-13-7-9-19(10-8-13)15(20)18(2)3/h5-6,11,13,17H,4,7-10H2,1-3H3. The van der Waals surface area contributed by atoms with Crippen molar-refractivity contribution in [2.75, 3.05) is 37.7 Å². The molecule has 0 aliphatic carbocycles. The van der Waals surface area contributed by atoms with E-state index >= 15 is 0 Å². The van der Waals surface area contributed by atoms with Crippen LogP contribution in [-0.4, -0.2) is 68.3 Å². The molecule has 0 radical (unpaired) electrons. The fourth-order valence-electron chi connectivity index (χ4n) is 2.38. The van der Waals surface area contributed by atoms with Crippen LogP contribution in [0.1, 0.15) is 19.8 Å². The molecule has 1 aromatic rings. The first-order valence-corrected chi connectivity index (χ1v) is 9.55. The molecule has 134 valence electrons. The number of aromatic nitrogens is 1. The maximum absolute atomic E-state index is 11.9. The lowest BCUT2D eigenvalue weighted by molar-refractivity contribution is 0.0983. The summed E-state index contributed by atoms with van der Waals surface area (Å²) in [5.41, 5.74) is 0.413. The molecule has 1 aliphatic rings. The minimum Gasteiger partial charge on any atom is -0.474 e. The van der Waals surface area contributed by atoms with Gasteiger partial charge in [-0.05, 0) is 13.0 Å². The quantitative estimate of drug-likeness (QED) is 0.860. The number of carbonyl (C=O) groups is 1. The highest BCUT2D eigenvalue weighted by Gasteiger charge is 2.25. The molecule has 1 aromatic heterocycles. The van der Waals surface area contributed by atoms with Crippen molar-refractivity contribution in [2.24, 2.45) is 0 Å². The Morgan fingerprint density at radius 3 is 2.54 bits per heavy atom. The number of pyridine rings is 1. The van der Waals surface area contributed by atoms with Crippen LogP contribution in [-0.2, 0) is 10.0 Å². The van der Waals surface area contributed by atoms with E-state index in [1.807, 2.05) is 0 Å². The van der Waals surface area contributed by atoms with Gasteiger partial charge >= 0.3 is 6.03 Å². The van der Waals surface area contributed by atoms with Crippen molar-refractivity contribution in [3.05, 3.63) is 18.3 Å². The Morgan fingerprint density at radius 2 is 2.04 bits per heavy atom. The van der Waals surface area contributed by atoms with E-state index in [9.17, 15) is 13.2 Å². The first-order valence-electron chi connectivity index (χ1n) is 7.90. The maximum Gasteiger partial charge on any atom is 0.319 e. The van der Waals surface area contributed by atoms with Crippen LogP contribution in [0.3, 0.4) is 0 Å². The highest BCUT2D eigenvalue weighted by Crippen LogP contribution is 2.19. The third-order valence-electron chi connectivity index (χ3n) is 3.77. The molecular weight excluding hydrogens is 332 g/mol. The van der Waals surface area contributed by atoms with Crippen LogP contribution < -0.4 is 9.46 Å². The van der Waals surface area contributed by atoms with E-state index in [1.54, 1.807) is 43.0 Å². The molecule has 2 rings (SSSR count). The monoisotopic (exact) mass is 356 g/mol. The Bertz CT molecular complexity index is 653. The number of hydrogen-bond acceptors (Lipinski definition) is 5. The summed E-state index contributed by atoms with van der Waals surface area (Å²) in [6, 6.07) is 3.28. The summed E-state index contributed by atoms with van der Waals surface area (Å²) in [5, 5.41) is 0. The average molecular weight is 356 g/mol. The van der Waals surface area contributed by atoms with Crippen LogP contribution in [0.5, 0.6) is 5.88 Å². The van der Waals surface area contributed by atoms with Crippen LogP contribution in [0.2, 0.25) is 0 Å². The van der Waals surface area contributed by atoms with Crippen LogP contribution in [0, 0.1) is 0 Å². The Hall–Kier alpha value is -2.03. The van der Waals surface area contributed by atoms with Gasteiger partial charge < -0.3 is 14.5 Å². The fourth-order valence-corrected chi connectivity index (χ4v) is 3.00. The third kappa shape index (κ3) is 4.98. The van der Waals surface area contributed by atoms with Crippen molar-refractivity contribution in [3.8, 4) is 5.88 Å². The highest BCUT2D eigenvalue weighted by atomic mass is 32.2. The maximum atomic E-state index is 11.9. The summed E-state index contributed by atoms with van der Waals surface area (Å²) < 4.78 is 31.2. The lowest BCUT2D eigenvalue weighted by atomic mass is 10.1. The largest absolute Gasteiger partial charge is 0.474 e. The predicted molar refractivity (Wildman–Crippen MR) is 91.6 cm³/mol. The first kappa shape index (κ1) is 18.3. The number of hydrogen-bond donors (Lipinski definition) is 1. The number of likely N-dealkylation sites (tertiary alicyclic amines) is 1. The molecule has 2 heterocycles. The van der Waals surface area contributed by atoms with E-state index in [2.05, 4.69) is 9.71 Å².